The molecule has 0 aliphatic rings. The Balaban J connectivity index is 2.24. The Morgan fingerprint density at radius 2 is 2.00 bits per heavy atom. The number of nitrogens with zero attached hydrogens (tertiary/aromatic N) is 1. The van der Waals surface area contributed by atoms with Gasteiger partial charge in [-0.1, -0.05) is 35.0 Å². The molecule has 1 aromatic heterocycles. The molecular formula is C16H19BrN2O. The van der Waals surface area contributed by atoms with Gasteiger partial charge in [0.1, 0.15) is 5.75 Å². The molecule has 1 aromatic carbocycles. The van der Waals surface area contributed by atoms with E-state index in [1.54, 1.807) is 13.3 Å². The van der Waals surface area contributed by atoms with Crippen molar-refractivity contribution in [2.45, 2.75) is 19.4 Å². The molecule has 0 saturated carbocycles. The van der Waals surface area contributed by atoms with Gasteiger partial charge >= 0.3 is 0 Å². The Kier molecular flexibility index (Phi) is 5.56. The van der Waals surface area contributed by atoms with Crippen molar-refractivity contribution in [3.05, 3.63) is 58.3 Å². The highest BCUT2D eigenvalue weighted by molar-refractivity contribution is 9.10. The first-order valence-electron chi connectivity index (χ1n) is 6.70. The van der Waals surface area contributed by atoms with Gasteiger partial charge in [-0.05, 0) is 36.7 Å². The van der Waals surface area contributed by atoms with Crippen molar-refractivity contribution in [3.8, 4) is 5.75 Å². The fraction of sp³-hybridized carbons (Fsp3) is 0.312. The number of nitrogens with one attached hydrogen (secondary N) is 1. The zero-order valence-electron chi connectivity index (χ0n) is 11.8. The molecule has 1 N–H and O–H groups in total. The van der Waals surface area contributed by atoms with Gasteiger partial charge in [0.15, 0.2) is 0 Å². The molecule has 2 rings (SSSR count). The molecule has 0 spiro atoms. The van der Waals surface area contributed by atoms with E-state index in [-0.39, 0.29) is 6.04 Å². The molecule has 1 unspecified atom stereocenters. The normalized spacial score (nSPS) is 12.2. The number of hydrogen-bond donors (Lipinski definition) is 1. The molecule has 1 heterocycles. The van der Waals surface area contributed by atoms with E-state index in [4.69, 9.17) is 4.74 Å². The third-order valence-electron chi connectivity index (χ3n) is 3.22. The Morgan fingerprint density at radius 1 is 1.25 bits per heavy atom. The van der Waals surface area contributed by atoms with Gasteiger partial charge in [0.2, 0.25) is 0 Å². The molecule has 0 aliphatic heterocycles. The lowest BCUT2D eigenvalue weighted by atomic mass is 9.99. The second kappa shape index (κ2) is 7.41. The molecule has 1 atom stereocenters. The van der Waals surface area contributed by atoms with Crippen molar-refractivity contribution in [2.24, 2.45) is 0 Å². The molecule has 0 aliphatic carbocycles. The highest BCUT2D eigenvalue weighted by Crippen LogP contribution is 2.27. The summed E-state index contributed by atoms with van der Waals surface area (Å²) in [7, 11) is 1.68. The Labute approximate surface area is 128 Å². The first-order valence-corrected chi connectivity index (χ1v) is 7.49. The Hall–Kier alpha value is -1.39. The molecule has 0 saturated heterocycles. The number of rotatable bonds is 6. The molecule has 3 nitrogen and oxygen atoms in total. The van der Waals surface area contributed by atoms with Crippen LogP contribution >= 0.6 is 15.9 Å². The summed E-state index contributed by atoms with van der Waals surface area (Å²) in [6, 6.07) is 10.7. The van der Waals surface area contributed by atoms with Crippen LogP contribution in [-0.4, -0.2) is 18.6 Å². The predicted octanol–water partition coefficient (Wildman–Crippen LogP) is 3.75. The average Bonchev–Trinajstić information content (AvgIpc) is 2.49. The SMILES string of the molecule is CCNC(Cc1ccc(Br)cc1)c1ccncc1OC. The number of pyridine rings is 1. The molecule has 0 fully saturated rings. The summed E-state index contributed by atoms with van der Waals surface area (Å²) in [5.41, 5.74) is 2.44. The van der Waals surface area contributed by atoms with Crippen LogP contribution in [0.15, 0.2) is 47.2 Å². The van der Waals surface area contributed by atoms with Crippen LogP contribution in [0.3, 0.4) is 0 Å². The minimum Gasteiger partial charge on any atom is -0.495 e. The van der Waals surface area contributed by atoms with Crippen molar-refractivity contribution >= 4 is 15.9 Å². The fourth-order valence-corrected chi connectivity index (χ4v) is 2.51. The highest BCUT2D eigenvalue weighted by Gasteiger charge is 2.15. The number of hydrogen-bond acceptors (Lipinski definition) is 3. The minimum atomic E-state index is 0.221. The molecule has 2 aromatic rings. The van der Waals surface area contributed by atoms with E-state index in [0.717, 1.165) is 28.8 Å². The second-order valence-corrected chi connectivity index (χ2v) is 5.47. The lowest BCUT2D eigenvalue weighted by Gasteiger charge is -2.20. The quantitative estimate of drug-likeness (QED) is 0.873. The van der Waals surface area contributed by atoms with Crippen LogP contribution in [0.25, 0.3) is 0 Å². The molecule has 4 heteroatoms. The molecule has 0 radical (unpaired) electrons. The fourth-order valence-electron chi connectivity index (χ4n) is 2.24. The van der Waals surface area contributed by atoms with E-state index in [1.807, 2.05) is 12.3 Å². The topological polar surface area (TPSA) is 34.2 Å². The van der Waals surface area contributed by atoms with E-state index in [0.29, 0.717) is 0 Å². The predicted molar refractivity (Wildman–Crippen MR) is 85.1 cm³/mol. The number of halogens is 1. The van der Waals surface area contributed by atoms with E-state index in [1.165, 1.54) is 5.56 Å². The number of ether oxygens (including phenoxy) is 1. The third kappa shape index (κ3) is 3.81. The summed E-state index contributed by atoms with van der Waals surface area (Å²) >= 11 is 3.47. The Morgan fingerprint density at radius 3 is 2.65 bits per heavy atom. The zero-order chi connectivity index (χ0) is 14.4. The first kappa shape index (κ1) is 15.0. The maximum Gasteiger partial charge on any atom is 0.141 e. The number of benzene rings is 1. The molecule has 20 heavy (non-hydrogen) atoms. The van der Waals surface area contributed by atoms with E-state index in [9.17, 15) is 0 Å². The van der Waals surface area contributed by atoms with Crippen LogP contribution in [0, 0.1) is 0 Å². The van der Waals surface area contributed by atoms with Crippen molar-refractivity contribution in [3.63, 3.8) is 0 Å². The van der Waals surface area contributed by atoms with Gasteiger partial charge in [-0.3, -0.25) is 4.98 Å². The summed E-state index contributed by atoms with van der Waals surface area (Å²) in [4.78, 5) is 4.12. The summed E-state index contributed by atoms with van der Waals surface area (Å²) < 4.78 is 6.52. The largest absolute Gasteiger partial charge is 0.495 e. The first-order chi connectivity index (χ1) is 9.74. The molecular weight excluding hydrogens is 316 g/mol. The summed E-state index contributed by atoms with van der Waals surface area (Å²) in [5.74, 6) is 0.829. The number of likely N-dealkylation sites (N-methyl/N-ethyl adjacent to an activating group) is 1. The van der Waals surface area contributed by atoms with Crippen LogP contribution < -0.4 is 10.1 Å². The Bertz CT molecular complexity index is 542. The van der Waals surface area contributed by atoms with E-state index < -0.39 is 0 Å². The number of methoxy groups -OCH3 is 1. The van der Waals surface area contributed by atoms with Crippen molar-refractivity contribution in [1.82, 2.24) is 10.3 Å². The zero-order valence-corrected chi connectivity index (χ0v) is 13.4. The monoisotopic (exact) mass is 334 g/mol. The standard InChI is InChI=1S/C16H19BrN2O/c1-3-19-15(10-12-4-6-13(17)7-5-12)14-8-9-18-11-16(14)20-2/h4-9,11,15,19H,3,10H2,1-2H3. The van der Waals surface area contributed by atoms with Crippen LogP contribution in [0.2, 0.25) is 0 Å². The maximum absolute atomic E-state index is 5.42. The smallest absolute Gasteiger partial charge is 0.141 e. The van der Waals surface area contributed by atoms with Crippen LogP contribution in [-0.2, 0) is 6.42 Å². The second-order valence-electron chi connectivity index (χ2n) is 4.56. The lowest BCUT2D eigenvalue weighted by Crippen LogP contribution is -2.23. The van der Waals surface area contributed by atoms with E-state index in [2.05, 4.69) is 57.4 Å². The molecule has 0 amide bonds. The number of aromatic nitrogens is 1. The van der Waals surface area contributed by atoms with Gasteiger partial charge in [-0.15, -0.1) is 0 Å². The highest BCUT2D eigenvalue weighted by atomic mass is 79.9. The van der Waals surface area contributed by atoms with E-state index >= 15 is 0 Å². The van der Waals surface area contributed by atoms with Gasteiger partial charge in [0, 0.05) is 22.3 Å². The van der Waals surface area contributed by atoms with Gasteiger partial charge < -0.3 is 10.1 Å². The maximum atomic E-state index is 5.42. The van der Waals surface area contributed by atoms with Crippen LogP contribution in [0.1, 0.15) is 24.1 Å². The summed E-state index contributed by atoms with van der Waals surface area (Å²) in [6.45, 7) is 3.02. The third-order valence-corrected chi connectivity index (χ3v) is 3.74. The van der Waals surface area contributed by atoms with Gasteiger partial charge in [-0.25, -0.2) is 0 Å². The van der Waals surface area contributed by atoms with Crippen molar-refractivity contribution in [2.75, 3.05) is 13.7 Å². The van der Waals surface area contributed by atoms with Gasteiger partial charge in [0.05, 0.1) is 13.3 Å². The van der Waals surface area contributed by atoms with Crippen molar-refractivity contribution in [1.29, 1.82) is 0 Å². The molecule has 106 valence electrons. The average molecular weight is 335 g/mol. The summed E-state index contributed by atoms with van der Waals surface area (Å²) in [6.07, 6.45) is 4.49. The lowest BCUT2D eigenvalue weighted by molar-refractivity contribution is 0.397. The van der Waals surface area contributed by atoms with Crippen LogP contribution in [0.5, 0.6) is 5.75 Å². The molecule has 0 bridgehead atoms. The van der Waals surface area contributed by atoms with Gasteiger partial charge in [-0.2, -0.15) is 0 Å². The van der Waals surface area contributed by atoms with Gasteiger partial charge in [0.25, 0.3) is 0 Å². The van der Waals surface area contributed by atoms with Crippen molar-refractivity contribution < 1.29 is 4.74 Å². The summed E-state index contributed by atoms with van der Waals surface area (Å²) in [5, 5.41) is 3.52. The van der Waals surface area contributed by atoms with Crippen LogP contribution in [0.4, 0.5) is 0 Å². The minimum absolute atomic E-state index is 0.221.